The Kier molecular flexibility index (Phi) is 4.73. The second kappa shape index (κ2) is 5.69. The molecule has 3 N–H and O–H groups in total. The molecule has 1 amide bonds. The molecule has 5 nitrogen and oxygen atoms in total. The first kappa shape index (κ1) is 15.0. The van der Waals surface area contributed by atoms with Crippen LogP contribution < -0.4 is 5.73 Å². The fourth-order valence-corrected chi connectivity index (χ4v) is 2.00. The highest BCUT2D eigenvalue weighted by Crippen LogP contribution is 2.22. The molecule has 0 aromatic rings. The summed E-state index contributed by atoms with van der Waals surface area (Å²) in [5, 5.41) is 8.89. The molecule has 18 heavy (non-hydrogen) atoms. The number of carbonyl (C=O) groups excluding carboxylic acids is 1. The molecule has 0 aliphatic carbocycles. The lowest BCUT2D eigenvalue weighted by atomic mass is 9.85. The molecule has 0 saturated carbocycles. The monoisotopic (exact) mass is 256 g/mol. The summed E-state index contributed by atoms with van der Waals surface area (Å²) in [4.78, 5) is 24.6. The van der Waals surface area contributed by atoms with E-state index in [1.54, 1.807) is 4.90 Å². The van der Waals surface area contributed by atoms with Crippen molar-refractivity contribution in [3.63, 3.8) is 0 Å². The summed E-state index contributed by atoms with van der Waals surface area (Å²) < 4.78 is 0. The number of hydrogen-bond acceptors (Lipinski definition) is 3. The highest BCUT2D eigenvalue weighted by molar-refractivity contribution is 5.77. The number of aliphatic carboxylic acids is 1. The van der Waals surface area contributed by atoms with Crippen molar-refractivity contribution in [2.45, 2.75) is 46.1 Å². The Balaban J connectivity index is 2.43. The number of rotatable bonds is 3. The van der Waals surface area contributed by atoms with Gasteiger partial charge in [-0.1, -0.05) is 20.8 Å². The van der Waals surface area contributed by atoms with E-state index in [2.05, 4.69) is 0 Å². The lowest BCUT2D eigenvalue weighted by Crippen LogP contribution is -2.45. The van der Waals surface area contributed by atoms with Crippen molar-refractivity contribution in [2.24, 2.45) is 17.1 Å². The average molecular weight is 256 g/mol. The van der Waals surface area contributed by atoms with E-state index < -0.39 is 5.97 Å². The summed E-state index contributed by atoms with van der Waals surface area (Å²) in [5.74, 6) is -1.01. The molecule has 0 spiro atoms. The number of carbonyl (C=O) groups is 2. The summed E-state index contributed by atoms with van der Waals surface area (Å²) in [6.45, 7) is 7.12. The van der Waals surface area contributed by atoms with Gasteiger partial charge in [-0.2, -0.15) is 0 Å². The second-order valence-corrected chi connectivity index (χ2v) is 6.17. The van der Waals surface area contributed by atoms with E-state index in [1.165, 1.54) is 0 Å². The van der Waals surface area contributed by atoms with Gasteiger partial charge in [0.05, 0.1) is 5.92 Å². The highest BCUT2D eigenvalue weighted by atomic mass is 16.4. The van der Waals surface area contributed by atoms with Crippen molar-refractivity contribution < 1.29 is 14.7 Å². The lowest BCUT2D eigenvalue weighted by Gasteiger charge is -2.33. The van der Waals surface area contributed by atoms with Crippen LogP contribution in [0.3, 0.4) is 0 Å². The zero-order valence-corrected chi connectivity index (χ0v) is 11.5. The van der Waals surface area contributed by atoms with E-state index in [-0.39, 0.29) is 23.3 Å². The second-order valence-electron chi connectivity index (χ2n) is 6.17. The van der Waals surface area contributed by atoms with Crippen LogP contribution in [0.1, 0.15) is 40.0 Å². The molecular formula is C13H24N2O3. The minimum atomic E-state index is -0.756. The summed E-state index contributed by atoms with van der Waals surface area (Å²) in [7, 11) is 0. The van der Waals surface area contributed by atoms with Crippen LogP contribution in [-0.4, -0.2) is 41.0 Å². The third kappa shape index (κ3) is 3.98. The molecule has 0 radical (unpaired) electrons. The van der Waals surface area contributed by atoms with Crippen molar-refractivity contribution >= 4 is 11.9 Å². The average Bonchev–Trinajstić information content (AvgIpc) is 2.27. The fourth-order valence-electron chi connectivity index (χ4n) is 2.00. The minimum absolute atomic E-state index is 0.0428. The molecule has 1 aliphatic heterocycles. The van der Waals surface area contributed by atoms with Crippen LogP contribution in [0.25, 0.3) is 0 Å². The number of nitrogens with two attached hydrogens (primary N) is 1. The minimum Gasteiger partial charge on any atom is -0.481 e. The molecule has 0 bridgehead atoms. The molecule has 1 aliphatic rings. The Morgan fingerprint density at radius 2 is 1.83 bits per heavy atom. The molecule has 1 fully saturated rings. The zero-order chi connectivity index (χ0) is 13.9. The van der Waals surface area contributed by atoms with Crippen molar-refractivity contribution in [2.75, 3.05) is 13.1 Å². The Hall–Kier alpha value is -1.10. The topological polar surface area (TPSA) is 83.6 Å². The van der Waals surface area contributed by atoms with E-state index in [0.717, 1.165) is 0 Å². The summed E-state index contributed by atoms with van der Waals surface area (Å²) in [5.41, 5.74) is 5.90. The molecule has 104 valence electrons. The first-order valence-corrected chi connectivity index (χ1v) is 6.48. The molecule has 1 unspecified atom stereocenters. The van der Waals surface area contributed by atoms with Crippen LogP contribution in [0, 0.1) is 11.3 Å². The molecule has 5 heteroatoms. The zero-order valence-electron chi connectivity index (χ0n) is 11.5. The molecule has 0 aromatic heterocycles. The Labute approximate surface area is 108 Å². The van der Waals surface area contributed by atoms with Crippen LogP contribution in [0.15, 0.2) is 0 Å². The molecule has 1 heterocycles. The molecule has 0 aromatic carbocycles. The van der Waals surface area contributed by atoms with Gasteiger partial charge in [-0.15, -0.1) is 0 Å². The van der Waals surface area contributed by atoms with E-state index in [4.69, 9.17) is 10.8 Å². The number of carboxylic acid groups (broad SMARTS) is 1. The fraction of sp³-hybridized carbons (Fsp3) is 0.846. The lowest BCUT2D eigenvalue weighted by molar-refractivity contribution is -0.145. The van der Waals surface area contributed by atoms with Gasteiger partial charge in [0, 0.05) is 25.6 Å². The summed E-state index contributed by atoms with van der Waals surface area (Å²) >= 11 is 0. The van der Waals surface area contributed by atoms with Gasteiger partial charge in [-0.3, -0.25) is 9.59 Å². The van der Waals surface area contributed by atoms with Crippen LogP contribution in [0.2, 0.25) is 0 Å². The standard InChI is InChI=1S/C13H24N2O3/c1-13(2,3)10(14)8-11(16)15-6-4-9(5-7-15)12(17)18/h9-10H,4-8,14H2,1-3H3,(H,17,18). The van der Waals surface area contributed by atoms with Gasteiger partial charge in [0.2, 0.25) is 5.91 Å². The number of likely N-dealkylation sites (tertiary alicyclic amines) is 1. The number of hydrogen-bond donors (Lipinski definition) is 2. The number of carboxylic acids is 1. The van der Waals surface area contributed by atoms with Gasteiger partial charge in [0.25, 0.3) is 0 Å². The van der Waals surface area contributed by atoms with Gasteiger partial charge in [0.15, 0.2) is 0 Å². The van der Waals surface area contributed by atoms with E-state index >= 15 is 0 Å². The SMILES string of the molecule is CC(C)(C)C(N)CC(=O)N1CCC(C(=O)O)CC1. The Morgan fingerprint density at radius 3 is 2.22 bits per heavy atom. The normalized spacial score (nSPS) is 19.7. The molecule has 1 atom stereocenters. The van der Waals surface area contributed by atoms with E-state index in [1.807, 2.05) is 20.8 Å². The first-order valence-electron chi connectivity index (χ1n) is 6.48. The van der Waals surface area contributed by atoms with Gasteiger partial charge in [-0.05, 0) is 18.3 Å². The van der Waals surface area contributed by atoms with Gasteiger partial charge >= 0.3 is 5.97 Å². The molecule has 1 saturated heterocycles. The van der Waals surface area contributed by atoms with Crippen LogP contribution in [0.5, 0.6) is 0 Å². The maximum atomic E-state index is 12.0. The van der Waals surface area contributed by atoms with Crippen molar-refractivity contribution in [1.29, 1.82) is 0 Å². The predicted molar refractivity (Wildman–Crippen MR) is 69.0 cm³/mol. The largest absolute Gasteiger partial charge is 0.481 e. The molecule has 1 rings (SSSR count). The van der Waals surface area contributed by atoms with Gasteiger partial charge in [-0.25, -0.2) is 0 Å². The quantitative estimate of drug-likeness (QED) is 0.791. The van der Waals surface area contributed by atoms with Crippen molar-refractivity contribution in [3.8, 4) is 0 Å². The maximum Gasteiger partial charge on any atom is 0.306 e. The Morgan fingerprint density at radius 1 is 1.33 bits per heavy atom. The van der Waals surface area contributed by atoms with Crippen molar-refractivity contribution in [1.82, 2.24) is 4.90 Å². The number of nitrogens with zero attached hydrogens (tertiary/aromatic N) is 1. The maximum absolute atomic E-state index is 12.0. The number of amides is 1. The highest BCUT2D eigenvalue weighted by Gasteiger charge is 2.29. The number of piperidine rings is 1. The van der Waals surface area contributed by atoms with Gasteiger partial charge < -0.3 is 15.7 Å². The first-order chi connectivity index (χ1) is 8.21. The third-order valence-corrected chi connectivity index (χ3v) is 3.70. The van der Waals surface area contributed by atoms with Crippen LogP contribution in [-0.2, 0) is 9.59 Å². The van der Waals surface area contributed by atoms with E-state index in [0.29, 0.717) is 32.4 Å². The summed E-state index contributed by atoms with van der Waals surface area (Å²) in [6, 6.07) is -0.165. The summed E-state index contributed by atoms with van der Waals surface area (Å²) in [6.07, 6.45) is 1.43. The predicted octanol–water partition coefficient (Wildman–Crippen LogP) is 1.07. The third-order valence-electron chi connectivity index (χ3n) is 3.70. The van der Waals surface area contributed by atoms with Crippen LogP contribution in [0.4, 0.5) is 0 Å². The smallest absolute Gasteiger partial charge is 0.306 e. The van der Waals surface area contributed by atoms with Gasteiger partial charge in [0.1, 0.15) is 0 Å². The Bertz CT molecular complexity index is 315. The molecular weight excluding hydrogens is 232 g/mol. The van der Waals surface area contributed by atoms with E-state index in [9.17, 15) is 9.59 Å². The van der Waals surface area contributed by atoms with Crippen LogP contribution >= 0.6 is 0 Å². The van der Waals surface area contributed by atoms with Crippen molar-refractivity contribution in [3.05, 3.63) is 0 Å².